The Hall–Kier alpha value is -3.48. The molecule has 1 aliphatic rings. The maximum absolute atomic E-state index is 12.0. The molecule has 0 aliphatic carbocycles. The number of hydrogen-bond donors (Lipinski definition) is 1. The molecule has 2 aromatic carbocycles. The number of nitrogens with zero attached hydrogens (tertiary/aromatic N) is 3. The maximum Gasteiger partial charge on any atom is 0.349 e. The van der Waals surface area contributed by atoms with Crippen LogP contribution in [-0.4, -0.2) is 21.6 Å². The smallest absolute Gasteiger partial charge is 0.349 e. The SMILES string of the molecule is N#Cc1nn(-c2cc(Cl)c(Oc3ccc4c(c3)OCO4)c(Cl)c2)c(=O)[nH]c1=O. The number of aromatic amines is 1. The Morgan fingerprint density at radius 3 is 2.57 bits per heavy atom. The predicted molar refractivity (Wildman–Crippen MR) is 97.8 cm³/mol. The molecule has 0 spiro atoms. The lowest BCUT2D eigenvalue weighted by atomic mass is 10.2. The van der Waals surface area contributed by atoms with E-state index in [2.05, 4.69) is 5.10 Å². The van der Waals surface area contributed by atoms with E-state index in [1.807, 2.05) is 4.98 Å². The summed E-state index contributed by atoms with van der Waals surface area (Å²) in [5.41, 5.74) is -2.07. The molecule has 0 fully saturated rings. The molecule has 1 aliphatic heterocycles. The average Bonchev–Trinajstić information content (AvgIpc) is 3.12. The van der Waals surface area contributed by atoms with Crippen molar-refractivity contribution in [3.63, 3.8) is 0 Å². The first-order valence-electron chi connectivity index (χ1n) is 7.67. The number of ether oxygens (including phenoxy) is 3. The fraction of sp³-hybridized carbons (Fsp3) is 0.0588. The Kier molecular flexibility index (Phi) is 4.43. The minimum Gasteiger partial charge on any atom is -0.454 e. The Bertz CT molecular complexity index is 1240. The Labute approximate surface area is 166 Å². The molecule has 4 rings (SSSR count). The number of H-pyrrole nitrogens is 1. The second kappa shape index (κ2) is 6.92. The van der Waals surface area contributed by atoms with Crippen LogP contribution >= 0.6 is 23.2 Å². The first-order chi connectivity index (χ1) is 13.5. The van der Waals surface area contributed by atoms with Gasteiger partial charge in [-0.25, -0.2) is 4.79 Å². The molecule has 0 unspecified atom stereocenters. The van der Waals surface area contributed by atoms with Gasteiger partial charge in [-0.3, -0.25) is 9.78 Å². The van der Waals surface area contributed by atoms with Crippen molar-refractivity contribution in [3.8, 4) is 34.8 Å². The zero-order valence-corrected chi connectivity index (χ0v) is 15.2. The van der Waals surface area contributed by atoms with Gasteiger partial charge in [0, 0.05) is 6.07 Å². The van der Waals surface area contributed by atoms with Crippen molar-refractivity contribution in [2.75, 3.05) is 6.79 Å². The number of nitriles is 1. The standard InChI is InChI=1S/C17H8Cl2N4O5/c18-10-3-8(23-17(25)21-16(24)12(6-20)22-23)4-11(19)15(10)28-9-1-2-13-14(5-9)27-7-26-13/h1-5H,7H2,(H,21,24,25). The molecule has 3 aromatic rings. The summed E-state index contributed by atoms with van der Waals surface area (Å²) >= 11 is 12.5. The van der Waals surface area contributed by atoms with Crippen LogP contribution in [0.1, 0.15) is 5.69 Å². The minimum atomic E-state index is -0.885. The zero-order chi connectivity index (χ0) is 19.8. The van der Waals surface area contributed by atoms with Crippen molar-refractivity contribution in [2.24, 2.45) is 0 Å². The molecule has 11 heteroatoms. The monoisotopic (exact) mass is 418 g/mol. The highest BCUT2D eigenvalue weighted by Crippen LogP contribution is 2.41. The van der Waals surface area contributed by atoms with Crippen molar-refractivity contribution in [3.05, 3.63) is 66.9 Å². The molecule has 0 bridgehead atoms. The first kappa shape index (κ1) is 17.9. The molecular weight excluding hydrogens is 411 g/mol. The third-order valence-electron chi connectivity index (χ3n) is 3.73. The van der Waals surface area contributed by atoms with Crippen LogP contribution in [0.4, 0.5) is 0 Å². The van der Waals surface area contributed by atoms with Gasteiger partial charge in [-0.05, 0) is 24.3 Å². The number of halogens is 2. The molecule has 0 saturated carbocycles. The summed E-state index contributed by atoms with van der Waals surface area (Å²) in [4.78, 5) is 25.5. The molecule has 1 N–H and O–H groups in total. The van der Waals surface area contributed by atoms with E-state index in [4.69, 9.17) is 42.7 Å². The number of fused-ring (bicyclic) bond motifs is 1. The van der Waals surface area contributed by atoms with Gasteiger partial charge in [-0.1, -0.05) is 23.2 Å². The van der Waals surface area contributed by atoms with Crippen LogP contribution in [0.2, 0.25) is 10.0 Å². The molecule has 140 valence electrons. The second-order valence-electron chi connectivity index (χ2n) is 5.49. The number of hydrogen-bond acceptors (Lipinski definition) is 7. The Balaban J connectivity index is 1.73. The summed E-state index contributed by atoms with van der Waals surface area (Å²) in [6.07, 6.45) is 0. The van der Waals surface area contributed by atoms with Crippen LogP contribution < -0.4 is 25.5 Å². The summed E-state index contributed by atoms with van der Waals surface area (Å²) in [6.45, 7) is 0.126. The van der Waals surface area contributed by atoms with Gasteiger partial charge in [-0.15, -0.1) is 5.10 Å². The average molecular weight is 419 g/mol. The molecule has 0 radical (unpaired) electrons. The summed E-state index contributed by atoms with van der Waals surface area (Å²) < 4.78 is 17.1. The van der Waals surface area contributed by atoms with E-state index >= 15 is 0 Å². The van der Waals surface area contributed by atoms with Crippen LogP contribution in [0, 0.1) is 11.3 Å². The van der Waals surface area contributed by atoms with Gasteiger partial charge in [-0.2, -0.15) is 9.94 Å². The van der Waals surface area contributed by atoms with Crippen molar-refractivity contribution >= 4 is 23.2 Å². The van der Waals surface area contributed by atoms with E-state index in [0.29, 0.717) is 17.2 Å². The van der Waals surface area contributed by atoms with Crippen molar-refractivity contribution in [1.82, 2.24) is 14.8 Å². The largest absolute Gasteiger partial charge is 0.454 e. The van der Waals surface area contributed by atoms with Crippen molar-refractivity contribution in [1.29, 1.82) is 5.26 Å². The van der Waals surface area contributed by atoms with Gasteiger partial charge in [0.25, 0.3) is 5.56 Å². The molecular formula is C17H8Cl2N4O5. The number of benzene rings is 2. The summed E-state index contributed by atoms with van der Waals surface area (Å²) in [5, 5.41) is 12.8. The normalized spacial score (nSPS) is 11.9. The summed E-state index contributed by atoms with van der Waals surface area (Å²) in [5.74, 6) is 1.67. The number of aromatic nitrogens is 3. The van der Waals surface area contributed by atoms with Crippen LogP contribution in [0.25, 0.3) is 5.69 Å². The van der Waals surface area contributed by atoms with Gasteiger partial charge in [0.05, 0.1) is 15.7 Å². The highest BCUT2D eigenvalue weighted by Gasteiger charge is 2.17. The quantitative estimate of drug-likeness (QED) is 0.693. The minimum absolute atomic E-state index is 0.0820. The van der Waals surface area contributed by atoms with E-state index in [1.54, 1.807) is 24.3 Å². The van der Waals surface area contributed by atoms with Crippen LogP contribution in [-0.2, 0) is 0 Å². The third kappa shape index (κ3) is 3.15. The molecule has 9 nitrogen and oxygen atoms in total. The van der Waals surface area contributed by atoms with Gasteiger partial charge >= 0.3 is 5.69 Å². The fourth-order valence-electron chi connectivity index (χ4n) is 2.47. The van der Waals surface area contributed by atoms with E-state index < -0.39 is 16.9 Å². The summed E-state index contributed by atoms with van der Waals surface area (Å²) in [7, 11) is 0. The topological polar surface area (TPSA) is 119 Å². The van der Waals surface area contributed by atoms with Crippen LogP contribution in [0.5, 0.6) is 23.0 Å². The van der Waals surface area contributed by atoms with E-state index in [9.17, 15) is 9.59 Å². The third-order valence-corrected chi connectivity index (χ3v) is 4.29. The van der Waals surface area contributed by atoms with Crippen molar-refractivity contribution < 1.29 is 14.2 Å². The second-order valence-corrected chi connectivity index (χ2v) is 6.30. The highest BCUT2D eigenvalue weighted by molar-refractivity contribution is 6.37. The van der Waals surface area contributed by atoms with Crippen LogP contribution in [0.3, 0.4) is 0 Å². The lowest BCUT2D eigenvalue weighted by Gasteiger charge is -2.12. The van der Waals surface area contributed by atoms with E-state index in [-0.39, 0.29) is 28.3 Å². The number of nitrogens with one attached hydrogen (secondary N) is 1. The van der Waals surface area contributed by atoms with Gasteiger partial charge in [0.1, 0.15) is 11.8 Å². The highest BCUT2D eigenvalue weighted by atomic mass is 35.5. The van der Waals surface area contributed by atoms with E-state index in [1.165, 1.54) is 12.1 Å². The molecule has 0 amide bonds. The number of rotatable bonds is 3. The van der Waals surface area contributed by atoms with Crippen molar-refractivity contribution in [2.45, 2.75) is 0 Å². The van der Waals surface area contributed by atoms with Gasteiger partial charge in [0.15, 0.2) is 17.2 Å². The van der Waals surface area contributed by atoms with Gasteiger partial charge in [0.2, 0.25) is 12.5 Å². The lowest BCUT2D eigenvalue weighted by molar-refractivity contribution is 0.174. The fourth-order valence-corrected chi connectivity index (χ4v) is 3.03. The zero-order valence-electron chi connectivity index (χ0n) is 13.7. The summed E-state index contributed by atoms with van der Waals surface area (Å²) in [6, 6.07) is 9.29. The predicted octanol–water partition coefficient (Wildman–Crippen LogP) is 2.62. The molecule has 1 aromatic heterocycles. The molecule has 0 atom stereocenters. The Morgan fingerprint density at radius 1 is 1.14 bits per heavy atom. The maximum atomic E-state index is 12.0. The van der Waals surface area contributed by atoms with Crippen LogP contribution in [0.15, 0.2) is 39.9 Å². The van der Waals surface area contributed by atoms with E-state index in [0.717, 1.165) is 4.68 Å². The first-order valence-corrected chi connectivity index (χ1v) is 8.42. The van der Waals surface area contributed by atoms with Gasteiger partial charge < -0.3 is 14.2 Å². The lowest BCUT2D eigenvalue weighted by Crippen LogP contribution is -2.33. The molecule has 2 heterocycles. The molecule has 0 saturated heterocycles. The Morgan fingerprint density at radius 2 is 1.86 bits per heavy atom. The molecule has 28 heavy (non-hydrogen) atoms.